The minimum Gasteiger partial charge on any atom is -0.322 e. The third kappa shape index (κ3) is 6.54. The van der Waals surface area contributed by atoms with Gasteiger partial charge in [0.05, 0.1) is 15.6 Å². The molecule has 2 N–H and O–H groups in total. The summed E-state index contributed by atoms with van der Waals surface area (Å²) in [5.74, 6) is -0.823. The van der Waals surface area contributed by atoms with Gasteiger partial charge in [0.25, 0.3) is 5.91 Å². The molecule has 0 aromatic heterocycles. The molecule has 0 atom stereocenters. The maximum atomic E-state index is 12.5. The number of hydrogen-bond acceptors (Lipinski definition) is 4. The lowest BCUT2D eigenvalue weighted by Crippen LogP contribution is -2.13. The molecule has 0 unspecified atom stereocenters. The molecule has 0 aliphatic rings. The average molecular weight is 483 g/mol. The highest BCUT2D eigenvalue weighted by molar-refractivity contribution is 7.90. The normalized spacial score (nSPS) is 11.4. The van der Waals surface area contributed by atoms with Crippen LogP contribution in [-0.4, -0.2) is 26.5 Å². The van der Waals surface area contributed by atoms with Gasteiger partial charge in [-0.25, -0.2) is 8.42 Å². The van der Waals surface area contributed by atoms with Crippen molar-refractivity contribution in [1.82, 2.24) is 0 Å². The lowest BCUT2D eigenvalue weighted by atomic mass is 10.1. The fraction of sp³-hybridized carbons (Fsp3) is 0.120. The molecule has 33 heavy (non-hydrogen) atoms. The van der Waals surface area contributed by atoms with Crippen molar-refractivity contribution in [3.63, 3.8) is 0 Å². The van der Waals surface area contributed by atoms with Crippen molar-refractivity contribution < 1.29 is 18.0 Å². The van der Waals surface area contributed by atoms with E-state index in [1.165, 1.54) is 36.4 Å². The van der Waals surface area contributed by atoms with Crippen LogP contribution in [0.3, 0.4) is 0 Å². The van der Waals surface area contributed by atoms with E-state index in [0.29, 0.717) is 11.4 Å². The molecule has 3 aromatic rings. The van der Waals surface area contributed by atoms with E-state index in [2.05, 4.69) is 10.6 Å². The molecular formula is C25H23ClN2O4S. The van der Waals surface area contributed by atoms with Crippen LogP contribution in [0.25, 0.3) is 6.08 Å². The number of aryl methyl sites for hydroxylation is 2. The number of rotatable bonds is 6. The van der Waals surface area contributed by atoms with Gasteiger partial charge in [0.1, 0.15) is 0 Å². The van der Waals surface area contributed by atoms with E-state index in [0.717, 1.165) is 22.9 Å². The summed E-state index contributed by atoms with van der Waals surface area (Å²) in [4.78, 5) is 24.9. The smallest absolute Gasteiger partial charge is 0.255 e. The molecule has 2 amide bonds. The summed E-state index contributed by atoms with van der Waals surface area (Å²) in [6.07, 6.45) is 4.26. The van der Waals surface area contributed by atoms with Crippen molar-refractivity contribution in [1.29, 1.82) is 0 Å². The summed E-state index contributed by atoms with van der Waals surface area (Å²) in [5.41, 5.74) is 4.15. The second kappa shape index (κ2) is 10.0. The van der Waals surface area contributed by atoms with Gasteiger partial charge in [-0.05, 0) is 67.4 Å². The number of sulfone groups is 1. The first-order valence-corrected chi connectivity index (χ1v) is 12.3. The van der Waals surface area contributed by atoms with E-state index in [4.69, 9.17) is 11.6 Å². The van der Waals surface area contributed by atoms with Crippen LogP contribution in [-0.2, 0) is 14.6 Å². The highest BCUT2D eigenvalue weighted by Crippen LogP contribution is 2.26. The number of anilines is 2. The van der Waals surface area contributed by atoms with Gasteiger partial charge in [0.2, 0.25) is 5.91 Å². The molecule has 8 heteroatoms. The van der Waals surface area contributed by atoms with E-state index >= 15 is 0 Å². The van der Waals surface area contributed by atoms with Gasteiger partial charge >= 0.3 is 0 Å². The van der Waals surface area contributed by atoms with E-state index in [1.807, 2.05) is 32.0 Å². The SMILES string of the molecule is Cc1ccc(/C=C/C(=O)Nc2ccc(NC(=O)c3cccc(S(C)(=O)=O)c3)c(Cl)c2)c(C)c1. The standard InChI is InChI=1S/C25H23ClN2O4S/c1-16-7-8-18(17(2)13-16)9-12-24(29)27-20-10-11-23(22(26)15-20)28-25(30)19-5-4-6-21(14-19)33(3,31)32/h4-15H,1-3H3,(H,27,29)(H,28,30)/b12-9+. The minimum absolute atomic E-state index is 0.0493. The molecule has 0 saturated carbocycles. The molecule has 0 aliphatic carbocycles. The Hall–Kier alpha value is -3.42. The van der Waals surface area contributed by atoms with Crippen molar-refractivity contribution in [2.24, 2.45) is 0 Å². The van der Waals surface area contributed by atoms with Gasteiger partial charge < -0.3 is 10.6 Å². The number of carbonyl (C=O) groups is 2. The first kappa shape index (κ1) is 24.2. The van der Waals surface area contributed by atoms with Gasteiger partial charge in [-0.2, -0.15) is 0 Å². The second-order valence-corrected chi connectivity index (χ2v) is 10.1. The molecule has 0 heterocycles. The molecule has 3 rings (SSSR count). The van der Waals surface area contributed by atoms with Crippen LogP contribution >= 0.6 is 11.6 Å². The molecule has 0 spiro atoms. The Kier molecular flexibility index (Phi) is 7.36. The number of nitrogens with one attached hydrogen (secondary N) is 2. The van der Waals surface area contributed by atoms with E-state index in [-0.39, 0.29) is 21.4 Å². The third-order valence-corrected chi connectivity index (χ3v) is 6.27. The lowest BCUT2D eigenvalue weighted by molar-refractivity contribution is -0.111. The maximum absolute atomic E-state index is 12.5. The minimum atomic E-state index is -3.44. The highest BCUT2D eigenvalue weighted by atomic mass is 35.5. The zero-order valence-corrected chi connectivity index (χ0v) is 19.9. The monoisotopic (exact) mass is 482 g/mol. The van der Waals surface area contributed by atoms with Crippen LogP contribution in [0.1, 0.15) is 27.0 Å². The van der Waals surface area contributed by atoms with Gasteiger partial charge in [0, 0.05) is 23.6 Å². The van der Waals surface area contributed by atoms with Gasteiger partial charge in [0.15, 0.2) is 9.84 Å². The molecule has 0 bridgehead atoms. The van der Waals surface area contributed by atoms with Crippen molar-refractivity contribution >= 4 is 50.7 Å². The fourth-order valence-electron chi connectivity index (χ4n) is 3.12. The van der Waals surface area contributed by atoms with Gasteiger partial charge in [-0.15, -0.1) is 0 Å². The average Bonchev–Trinajstić information content (AvgIpc) is 2.74. The van der Waals surface area contributed by atoms with E-state index in [1.54, 1.807) is 18.2 Å². The van der Waals surface area contributed by atoms with Crippen LogP contribution in [0.4, 0.5) is 11.4 Å². The van der Waals surface area contributed by atoms with Crippen LogP contribution < -0.4 is 10.6 Å². The summed E-state index contributed by atoms with van der Waals surface area (Å²) >= 11 is 6.28. The molecular weight excluding hydrogens is 460 g/mol. The van der Waals surface area contributed by atoms with Crippen LogP contribution in [0, 0.1) is 13.8 Å². The zero-order chi connectivity index (χ0) is 24.2. The van der Waals surface area contributed by atoms with Crippen LogP contribution in [0.15, 0.2) is 71.6 Å². The zero-order valence-electron chi connectivity index (χ0n) is 18.3. The number of hydrogen-bond donors (Lipinski definition) is 2. The summed E-state index contributed by atoms with van der Waals surface area (Å²) < 4.78 is 23.4. The topological polar surface area (TPSA) is 92.3 Å². The Morgan fingerprint density at radius 1 is 0.939 bits per heavy atom. The first-order valence-electron chi connectivity index (χ1n) is 10.0. The Morgan fingerprint density at radius 2 is 1.70 bits per heavy atom. The first-order chi connectivity index (χ1) is 15.5. The quantitative estimate of drug-likeness (QED) is 0.468. The Morgan fingerprint density at radius 3 is 2.36 bits per heavy atom. The second-order valence-electron chi connectivity index (χ2n) is 7.63. The lowest BCUT2D eigenvalue weighted by Gasteiger charge is -2.10. The highest BCUT2D eigenvalue weighted by Gasteiger charge is 2.13. The molecule has 3 aromatic carbocycles. The Balaban J connectivity index is 1.68. The summed E-state index contributed by atoms with van der Waals surface area (Å²) in [6, 6.07) is 16.4. The molecule has 0 radical (unpaired) electrons. The summed E-state index contributed by atoms with van der Waals surface area (Å²) in [6.45, 7) is 3.99. The molecule has 0 aliphatic heterocycles. The molecule has 6 nitrogen and oxygen atoms in total. The fourth-order valence-corrected chi connectivity index (χ4v) is 4.01. The van der Waals surface area contributed by atoms with Crippen molar-refractivity contribution in [2.75, 3.05) is 16.9 Å². The maximum Gasteiger partial charge on any atom is 0.255 e. The number of halogens is 1. The van der Waals surface area contributed by atoms with Crippen molar-refractivity contribution in [3.05, 3.63) is 94.0 Å². The predicted molar refractivity (Wildman–Crippen MR) is 133 cm³/mol. The molecule has 0 saturated heterocycles. The summed E-state index contributed by atoms with van der Waals surface area (Å²) in [7, 11) is -3.44. The number of benzene rings is 3. The van der Waals surface area contributed by atoms with Gasteiger partial charge in [-0.3, -0.25) is 9.59 Å². The summed E-state index contributed by atoms with van der Waals surface area (Å²) in [5, 5.41) is 5.60. The van der Waals surface area contributed by atoms with E-state index in [9.17, 15) is 18.0 Å². The van der Waals surface area contributed by atoms with Crippen molar-refractivity contribution in [2.45, 2.75) is 18.7 Å². The molecule has 170 valence electrons. The number of carbonyl (C=O) groups excluding carboxylic acids is 2. The van der Waals surface area contributed by atoms with Crippen molar-refractivity contribution in [3.8, 4) is 0 Å². The van der Waals surface area contributed by atoms with Crippen LogP contribution in [0.2, 0.25) is 5.02 Å². The Labute approximate surface area is 198 Å². The van der Waals surface area contributed by atoms with Crippen LogP contribution in [0.5, 0.6) is 0 Å². The molecule has 0 fully saturated rings. The largest absolute Gasteiger partial charge is 0.322 e. The van der Waals surface area contributed by atoms with E-state index < -0.39 is 15.7 Å². The number of amides is 2. The Bertz CT molecular complexity index is 1360. The third-order valence-electron chi connectivity index (χ3n) is 4.85. The van der Waals surface area contributed by atoms with Gasteiger partial charge in [-0.1, -0.05) is 41.4 Å². The predicted octanol–water partition coefficient (Wildman–Crippen LogP) is 5.26.